The van der Waals surface area contributed by atoms with Gasteiger partial charge in [-0.1, -0.05) is 0 Å². The van der Waals surface area contributed by atoms with Crippen molar-refractivity contribution in [3.8, 4) is 0 Å². The Labute approximate surface area is 53.4 Å². The number of aliphatic hydroxyl groups is 4. The number of hydrogen-bond donors (Lipinski definition) is 4. The second-order valence-corrected chi connectivity index (χ2v) is 1.83. The minimum atomic E-state index is -1.13. The summed E-state index contributed by atoms with van der Waals surface area (Å²) in [5.74, 6) is 0. The maximum absolute atomic E-state index is 8.75. The first-order valence-electron chi connectivity index (χ1n) is 2.80. The first-order valence-corrected chi connectivity index (χ1v) is 2.80. The largest absolute Gasteiger partial charge is 0.396 e. The molecule has 0 aliphatic rings. The predicted octanol–water partition coefficient (Wildman–Crippen LogP) is -1.92. The molecular formula is C5H12O4. The summed E-state index contributed by atoms with van der Waals surface area (Å²) >= 11 is 0. The second kappa shape index (κ2) is 4.69. The quantitative estimate of drug-likeness (QED) is 0.363. The summed E-state index contributed by atoms with van der Waals surface area (Å²) in [7, 11) is 0. The molecule has 0 aromatic heterocycles. The van der Waals surface area contributed by atoms with Crippen molar-refractivity contribution in [2.24, 2.45) is 0 Å². The van der Waals surface area contributed by atoms with Crippen LogP contribution in [0.5, 0.6) is 0 Å². The third-order valence-electron chi connectivity index (χ3n) is 1.06. The van der Waals surface area contributed by atoms with Gasteiger partial charge in [0.25, 0.3) is 0 Å². The molecule has 0 radical (unpaired) electrons. The van der Waals surface area contributed by atoms with Gasteiger partial charge in [0.1, 0.15) is 6.10 Å². The Kier molecular flexibility index (Phi) is 4.61. The highest BCUT2D eigenvalue weighted by atomic mass is 16.4. The van der Waals surface area contributed by atoms with E-state index in [1.165, 1.54) is 0 Å². The Morgan fingerprint density at radius 3 is 1.89 bits per heavy atom. The smallest absolute Gasteiger partial charge is 0.103 e. The Bertz CT molecular complexity index is 66.0. The summed E-state index contributed by atoms with van der Waals surface area (Å²) in [4.78, 5) is 0. The zero-order valence-corrected chi connectivity index (χ0v) is 5.06. The predicted molar refractivity (Wildman–Crippen MR) is 30.8 cm³/mol. The van der Waals surface area contributed by atoms with Crippen molar-refractivity contribution < 1.29 is 20.4 Å². The van der Waals surface area contributed by atoms with Crippen LogP contribution >= 0.6 is 0 Å². The van der Waals surface area contributed by atoms with Crippen molar-refractivity contribution in [3.63, 3.8) is 0 Å². The molecule has 0 amide bonds. The minimum absolute atomic E-state index is 0.0989. The van der Waals surface area contributed by atoms with Gasteiger partial charge in [0.2, 0.25) is 0 Å². The molecule has 0 saturated heterocycles. The fourth-order valence-electron chi connectivity index (χ4n) is 0.446. The third kappa shape index (κ3) is 3.42. The molecule has 9 heavy (non-hydrogen) atoms. The van der Waals surface area contributed by atoms with Gasteiger partial charge in [-0.3, -0.25) is 0 Å². The number of aliphatic hydroxyl groups excluding tert-OH is 4. The SMILES string of the molecule is OCC[C@@H](O)[C@H](O)CO. The van der Waals surface area contributed by atoms with E-state index in [9.17, 15) is 0 Å². The van der Waals surface area contributed by atoms with E-state index in [1.807, 2.05) is 0 Å². The molecule has 0 unspecified atom stereocenters. The van der Waals surface area contributed by atoms with Crippen LogP contribution in [0.1, 0.15) is 6.42 Å². The second-order valence-electron chi connectivity index (χ2n) is 1.83. The van der Waals surface area contributed by atoms with E-state index in [-0.39, 0.29) is 13.0 Å². The van der Waals surface area contributed by atoms with Crippen LogP contribution in [0.25, 0.3) is 0 Å². The lowest BCUT2D eigenvalue weighted by molar-refractivity contribution is -0.0238. The van der Waals surface area contributed by atoms with E-state index >= 15 is 0 Å². The van der Waals surface area contributed by atoms with Crippen molar-refractivity contribution in [2.45, 2.75) is 18.6 Å². The average molecular weight is 136 g/mol. The van der Waals surface area contributed by atoms with Crippen molar-refractivity contribution in [1.29, 1.82) is 0 Å². The van der Waals surface area contributed by atoms with Crippen LogP contribution in [-0.4, -0.2) is 45.8 Å². The lowest BCUT2D eigenvalue weighted by Gasteiger charge is -2.12. The summed E-state index contributed by atoms with van der Waals surface area (Å²) < 4.78 is 0. The summed E-state index contributed by atoms with van der Waals surface area (Å²) in [5.41, 5.74) is 0. The molecule has 4 nitrogen and oxygen atoms in total. The molecule has 0 fully saturated rings. The van der Waals surface area contributed by atoms with Crippen LogP contribution in [-0.2, 0) is 0 Å². The lowest BCUT2D eigenvalue weighted by atomic mass is 10.1. The third-order valence-corrected chi connectivity index (χ3v) is 1.06. The molecule has 0 aliphatic carbocycles. The van der Waals surface area contributed by atoms with Gasteiger partial charge in [0, 0.05) is 6.61 Å². The van der Waals surface area contributed by atoms with Crippen molar-refractivity contribution in [1.82, 2.24) is 0 Å². The molecule has 0 spiro atoms. The number of rotatable bonds is 4. The normalized spacial score (nSPS) is 17.3. The standard InChI is InChI=1S/C5H12O4/c6-2-1-4(8)5(9)3-7/h4-9H,1-3H2/t4-,5-/m1/s1. The minimum Gasteiger partial charge on any atom is -0.396 e. The Balaban J connectivity index is 3.32. The Morgan fingerprint density at radius 1 is 1.00 bits per heavy atom. The first-order chi connectivity index (χ1) is 4.22. The maximum atomic E-state index is 8.75. The molecule has 0 aromatic carbocycles. The van der Waals surface area contributed by atoms with E-state index in [2.05, 4.69) is 0 Å². The molecule has 0 aliphatic heterocycles. The van der Waals surface area contributed by atoms with E-state index in [1.54, 1.807) is 0 Å². The van der Waals surface area contributed by atoms with Crippen molar-refractivity contribution in [3.05, 3.63) is 0 Å². The van der Waals surface area contributed by atoms with Crippen LogP contribution in [0.3, 0.4) is 0 Å². The van der Waals surface area contributed by atoms with Gasteiger partial charge in [-0.15, -0.1) is 0 Å². The Morgan fingerprint density at radius 2 is 1.56 bits per heavy atom. The zero-order valence-electron chi connectivity index (χ0n) is 5.06. The lowest BCUT2D eigenvalue weighted by Crippen LogP contribution is -2.29. The van der Waals surface area contributed by atoms with Crippen molar-refractivity contribution in [2.75, 3.05) is 13.2 Å². The highest BCUT2D eigenvalue weighted by Gasteiger charge is 2.13. The summed E-state index contributed by atoms with van der Waals surface area (Å²) in [6.45, 7) is -0.653. The molecular weight excluding hydrogens is 124 g/mol. The van der Waals surface area contributed by atoms with E-state index in [0.29, 0.717) is 0 Å². The van der Waals surface area contributed by atoms with Crippen LogP contribution in [0, 0.1) is 0 Å². The van der Waals surface area contributed by atoms with Gasteiger partial charge in [-0.25, -0.2) is 0 Å². The van der Waals surface area contributed by atoms with Gasteiger partial charge >= 0.3 is 0 Å². The molecule has 2 atom stereocenters. The summed E-state index contributed by atoms with van der Waals surface area (Å²) in [6, 6.07) is 0. The molecule has 0 heterocycles. The fraction of sp³-hybridized carbons (Fsp3) is 1.00. The fourth-order valence-corrected chi connectivity index (χ4v) is 0.446. The molecule has 0 saturated carbocycles. The van der Waals surface area contributed by atoms with Gasteiger partial charge in [-0.2, -0.15) is 0 Å². The summed E-state index contributed by atoms with van der Waals surface area (Å²) in [5, 5.41) is 33.9. The first kappa shape index (κ1) is 8.84. The van der Waals surface area contributed by atoms with Crippen molar-refractivity contribution >= 4 is 0 Å². The van der Waals surface area contributed by atoms with Gasteiger partial charge in [-0.05, 0) is 6.42 Å². The zero-order chi connectivity index (χ0) is 7.28. The summed E-state index contributed by atoms with van der Waals surface area (Å²) in [6.07, 6.45) is -2.04. The van der Waals surface area contributed by atoms with Crippen LogP contribution in [0.15, 0.2) is 0 Å². The number of hydrogen-bond acceptors (Lipinski definition) is 4. The highest BCUT2D eigenvalue weighted by Crippen LogP contribution is 1.95. The highest BCUT2D eigenvalue weighted by molar-refractivity contribution is 4.64. The van der Waals surface area contributed by atoms with Crippen LogP contribution in [0.2, 0.25) is 0 Å². The van der Waals surface area contributed by atoms with E-state index < -0.39 is 18.8 Å². The van der Waals surface area contributed by atoms with Gasteiger partial charge in [0.15, 0.2) is 0 Å². The Hall–Kier alpha value is -0.160. The molecule has 56 valence electrons. The monoisotopic (exact) mass is 136 g/mol. The van der Waals surface area contributed by atoms with Crippen LogP contribution < -0.4 is 0 Å². The molecule has 4 N–H and O–H groups in total. The maximum Gasteiger partial charge on any atom is 0.103 e. The molecule has 0 aromatic rings. The van der Waals surface area contributed by atoms with Gasteiger partial charge in [0.05, 0.1) is 12.7 Å². The van der Waals surface area contributed by atoms with Crippen LogP contribution in [0.4, 0.5) is 0 Å². The molecule has 0 rings (SSSR count). The molecule has 4 heteroatoms. The topological polar surface area (TPSA) is 80.9 Å². The van der Waals surface area contributed by atoms with E-state index in [4.69, 9.17) is 20.4 Å². The average Bonchev–Trinajstić information content (AvgIpc) is 1.87. The van der Waals surface area contributed by atoms with Gasteiger partial charge < -0.3 is 20.4 Å². The van der Waals surface area contributed by atoms with E-state index in [0.717, 1.165) is 0 Å². The molecule has 0 bridgehead atoms.